The van der Waals surface area contributed by atoms with Crippen molar-refractivity contribution >= 4 is 22.9 Å². The lowest BCUT2D eigenvalue weighted by molar-refractivity contribution is -0.138. The van der Waals surface area contributed by atoms with Crippen molar-refractivity contribution in [2.45, 2.75) is 39.0 Å². The average Bonchev–Trinajstić information content (AvgIpc) is 3.72. The van der Waals surface area contributed by atoms with Gasteiger partial charge in [-0.1, -0.05) is 19.9 Å². The minimum absolute atomic E-state index is 0.0949. The first kappa shape index (κ1) is 32.5. The van der Waals surface area contributed by atoms with Crippen LogP contribution >= 0.6 is 0 Å². The number of aromatic amines is 1. The molecule has 0 bridgehead atoms. The van der Waals surface area contributed by atoms with Gasteiger partial charge >= 0.3 is 12.2 Å². The van der Waals surface area contributed by atoms with E-state index < -0.39 is 17.8 Å². The number of benzene rings is 1. The van der Waals surface area contributed by atoms with E-state index in [1.165, 1.54) is 6.07 Å². The van der Waals surface area contributed by atoms with Crippen LogP contribution in [0, 0.1) is 0 Å². The van der Waals surface area contributed by atoms with Crippen molar-refractivity contribution in [3.8, 4) is 22.9 Å². The molecule has 4 aromatic heterocycles. The summed E-state index contributed by atoms with van der Waals surface area (Å²) in [5.41, 5.74) is 3.07. The fraction of sp³-hybridized carbons (Fsp3) is 0.382. The Morgan fingerprint density at radius 3 is 2.61 bits per heavy atom. The van der Waals surface area contributed by atoms with Crippen molar-refractivity contribution < 1.29 is 22.7 Å². The highest BCUT2D eigenvalue weighted by Gasteiger charge is 2.35. The molecule has 6 heterocycles. The van der Waals surface area contributed by atoms with Crippen molar-refractivity contribution in [1.29, 1.82) is 0 Å². The lowest BCUT2D eigenvalue weighted by atomic mass is 9.96. The summed E-state index contributed by atoms with van der Waals surface area (Å²) in [5.74, 6) is 1.46. The Morgan fingerprint density at radius 2 is 1.88 bits per heavy atom. The Labute approximate surface area is 280 Å². The number of fused-ring (bicyclic) bond motifs is 2. The third-order valence-corrected chi connectivity index (χ3v) is 9.12. The van der Waals surface area contributed by atoms with E-state index in [0.717, 1.165) is 42.5 Å². The van der Waals surface area contributed by atoms with Gasteiger partial charge in [-0.15, -0.1) is 0 Å². The molecule has 2 aliphatic heterocycles. The number of ether oxygens (including phenoxy) is 1. The Hall–Kier alpha value is -5.02. The zero-order chi connectivity index (χ0) is 34.3. The van der Waals surface area contributed by atoms with Crippen LogP contribution in [0.4, 0.5) is 23.7 Å². The third kappa shape index (κ3) is 6.94. The first-order valence-corrected chi connectivity index (χ1v) is 16.2. The van der Waals surface area contributed by atoms with Gasteiger partial charge in [0, 0.05) is 82.9 Å². The Balaban J connectivity index is 1.06. The maximum atomic E-state index is 14.2. The first-order valence-electron chi connectivity index (χ1n) is 16.2. The quantitative estimate of drug-likeness (QED) is 0.221. The number of anilines is 1. The number of piperazine rings is 1. The summed E-state index contributed by atoms with van der Waals surface area (Å²) in [6, 6.07) is 7.12. The molecule has 2 amide bonds. The number of carbonyl (C=O) groups excluding carboxylic acids is 1. The average molecular weight is 675 g/mol. The first-order chi connectivity index (χ1) is 23.5. The van der Waals surface area contributed by atoms with Gasteiger partial charge in [0.1, 0.15) is 17.1 Å². The van der Waals surface area contributed by atoms with Crippen LogP contribution in [-0.4, -0.2) is 89.7 Å². The van der Waals surface area contributed by atoms with Crippen LogP contribution in [0.3, 0.4) is 0 Å². The molecular weight excluding hydrogens is 637 g/mol. The minimum atomic E-state index is -4.56. The molecule has 1 fully saturated rings. The van der Waals surface area contributed by atoms with Gasteiger partial charge in [-0.25, -0.2) is 14.8 Å². The van der Waals surface area contributed by atoms with Crippen molar-refractivity contribution in [3.05, 3.63) is 77.5 Å². The van der Waals surface area contributed by atoms with E-state index in [1.807, 2.05) is 31.1 Å². The number of urea groups is 1. The summed E-state index contributed by atoms with van der Waals surface area (Å²) in [7, 11) is 1.82. The van der Waals surface area contributed by atoms with Gasteiger partial charge in [-0.05, 0) is 35.9 Å². The highest BCUT2D eigenvalue weighted by Crippen LogP contribution is 2.36. The largest absolute Gasteiger partial charge is 0.453 e. The summed E-state index contributed by atoms with van der Waals surface area (Å²) >= 11 is 0. The number of alkyl halides is 3. The molecule has 1 aromatic carbocycles. The molecule has 0 radical (unpaired) electrons. The molecule has 2 aliphatic rings. The van der Waals surface area contributed by atoms with Crippen LogP contribution in [0.1, 0.15) is 42.1 Å². The van der Waals surface area contributed by atoms with E-state index >= 15 is 0 Å². The van der Waals surface area contributed by atoms with Crippen LogP contribution in [0.2, 0.25) is 0 Å². The molecule has 12 nitrogen and oxygen atoms in total. The maximum absolute atomic E-state index is 14.2. The molecular formula is C34H37F3N10O2. The molecule has 1 atom stereocenters. The zero-order valence-electron chi connectivity index (χ0n) is 27.5. The molecule has 256 valence electrons. The SMILES string of the molecule is CCN1CCN(Cc2ccc(NC(=O)N3Cc4cc(Oc5ccnc6nc(-c7cnn(C)c7)[nH]c56)cnc4C(C)C3)cc2C(F)(F)F)CC1. The van der Waals surface area contributed by atoms with E-state index in [9.17, 15) is 18.0 Å². The van der Waals surface area contributed by atoms with Gasteiger partial charge in [0.2, 0.25) is 0 Å². The minimum Gasteiger partial charge on any atom is -0.453 e. The lowest BCUT2D eigenvalue weighted by Crippen LogP contribution is -2.45. The number of halogens is 3. The second-order valence-corrected chi connectivity index (χ2v) is 12.6. The fourth-order valence-electron chi connectivity index (χ4n) is 6.51. The van der Waals surface area contributed by atoms with Crippen LogP contribution in [0.25, 0.3) is 22.6 Å². The second kappa shape index (κ2) is 13.1. The van der Waals surface area contributed by atoms with E-state index in [-0.39, 0.29) is 30.3 Å². The van der Waals surface area contributed by atoms with Gasteiger partial charge in [0.15, 0.2) is 11.4 Å². The molecule has 1 saturated heterocycles. The zero-order valence-corrected chi connectivity index (χ0v) is 27.5. The molecule has 15 heteroatoms. The van der Waals surface area contributed by atoms with Gasteiger partial charge in [-0.3, -0.25) is 14.6 Å². The number of aromatic nitrogens is 6. The van der Waals surface area contributed by atoms with E-state index in [4.69, 9.17) is 4.74 Å². The van der Waals surface area contributed by atoms with Crippen LogP contribution in [0.15, 0.2) is 55.1 Å². The summed E-state index contributed by atoms with van der Waals surface area (Å²) in [6.45, 7) is 8.83. The van der Waals surface area contributed by atoms with Crippen molar-refractivity contribution in [2.24, 2.45) is 7.05 Å². The number of imidazole rings is 1. The van der Waals surface area contributed by atoms with Crippen LogP contribution in [-0.2, 0) is 26.3 Å². The van der Waals surface area contributed by atoms with Gasteiger partial charge in [-0.2, -0.15) is 18.3 Å². The molecule has 0 saturated carbocycles. The maximum Gasteiger partial charge on any atom is 0.416 e. The summed E-state index contributed by atoms with van der Waals surface area (Å²) < 4.78 is 50.5. The fourth-order valence-corrected chi connectivity index (χ4v) is 6.51. The smallest absolute Gasteiger partial charge is 0.416 e. The third-order valence-electron chi connectivity index (χ3n) is 9.12. The van der Waals surface area contributed by atoms with Crippen LogP contribution < -0.4 is 10.1 Å². The summed E-state index contributed by atoms with van der Waals surface area (Å²) in [4.78, 5) is 36.2. The molecule has 1 unspecified atom stereocenters. The number of likely N-dealkylation sites (N-methyl/N-ethyl adjacent to an activating group) is 1. The van der Waals surface area contributed by atoms with Crippen molar-refractivity contribution in [1.82, 2.24) is 44.4 Å². The normalized spacial score (nSPS) is 17.3. The van der Waals surface area contributed by atoms with Crippen molar-refractivity contribution in [2.75, 3.05) is 44.6 Å². The predicted octanol–water partition coefficient (Wildman–Crippen LogP) is 5.85. The Kier molecular flexibility index (Phi) is 8.71. The number of hydrogen-bond donors (Lipinski definition) is 2. The molecule has 0 spiro atoms. The Morgan fingerprint density at radius 1 is 1.08 bits per heavy atom. The number of rotatable bonds is 7. The standard InChI is InChI=1S/C34H37F3N10O2/c1-4-45-9-11-46(12-10-45)19-22-5-6-25(14-27(22)34(35,36)37)41-33(48)47-17-21(2)29-23(20-47)13-26(16-39-29)49-28-7-8-38-32-30(28)42-31(43-32)24-15-40-44(3)18-24/h5-8,13-16,18,21H,4,9-12,17,19-20H2,1-3H3,(H,41,48)(H,38,42,43). The number of pyridine rings is 2. The number of aryl methyl sites for hydroxylation is 1. The molecule has 2 N–H and O–H groups in total. The molecule has 49 heavy (non-hydrogen) atoms. The number of hydrogen-bond acceptors (Lipinski definition) is 8. The highest BCUT2D eigenvalue weighted by molar-refractivity contribution is 5.89. The van der Waals surface area contributed by atoms with E-state index in [2.05, 4.69) is 42.2 Å². The molecule has 5 aromatic rings. The number of H-pyrrole nitrogens is 1. The van der Waals surface area contributed by atoms with Gasteiger partial charge < -0.3 is 24.8 Å². The van der Waals surface area contributed by atoms with Gasteiger partial charge in [0.25, 0.3) is 0 Å². The molecule has 0 aliphatic carbocycles. The topological polar surface area (TPSA) is 120 Å². The van der Waals surface area contributed by atoms with Crippen molar-refractivity contribution in [3.63, 3.8) is 0 Å². The number of amides is 2. The summed E-state index contributed by atoms with van der Waals surface area (Å²) in [6.07, 6.45) is 2.24. The van der Waals surface area contributed by atoms with E-state index in [1.54, 1.807) is 40.3 Å². The number of nitrogens with zero attached hydrogens (tertiary/aromatic N) is 8. The summed E-state index contributed by atoms with van der Waals surface area (Å²) in [5, 5.41) is 6.90. The van der Waals surface area contributed by atoms with E-state index in [0.29, 0.717) is 48.1 Å². The second-order valence-electron chi connectivity index (χ2n) is 12.6. The predicted molar refractivity (Wildman–Crippen MR) is 177 cm³/mol. The lowest BCUT2D eigenvalue weighted by Gasteiger charge is -2.34. The number of nitrogens with one attached hydrogen (secondary N) is 2. The van der Waals surface area contributed by atoms with Crippen LogP contribution in [0.5, 0.6) is 11.5 Å². The molecule has 7 rings (SSSR count). The Bertz CT molecular complexity index is 1980. The highest BCUT2D eigenvalue weighted by atomic mass is 19.4. The van der Waals surface area contributed by atoms with Gasteiger partial charge in [0.05, 0.1) is 29.2 Å². The monoisotopic (exact) mass is 674 g/mol. The number of carbonyl (C=O) groups is 1.